The van der Waals surface area contributed by atoms with Crippen molar-refractivity contribution in [2.45, 2.75) is 25.7 Å². The summed E-state index contributed by atoms with van der Waals surface area (Å²) in [6.07, 6.45) is 0.211. The Morgan fingerprint density at radius 1 is 0.763 bits per heavy atom. The zero-order valence-electron chi connectivity index (χ0n) is 20.7. The van der Waals surface area contributed by atoms with Crippen LogP contribution in [0.5, 0.6) is 17.2 Å². The van der Waals surface area contributed by atoms with Crippen LogP contribution in [0.25, 0.3) is 20.2 Å². The van der Waals surface area contributed by atoms with Crippen molar-refractivity contribution >= 4 is 60.4 Å². The molecule has 0 radical (unpaired) electrons. The number of carbonyl (C=O) groups is 3. The Hall–Kier alpha value is -3.89. The highest BCUT2D eigenvalue weighted by Crippen LogP contribution is 2.37. The number of aliphatic carboxylic acids is 1. The minimum atomic E-state index is -1.00. The highest BCUT2D eigenvalue weighted by molar-refractivity contribution is 7.21. The van der Waals surface area contributed by atoms with E-state index in [4.69, 9.17) is 19.3 Å². The van der Waals surface area contributed by atoms with Gasteiger partial charge in [0.15, 0.2) is 23.1 Å². The van der Waals surface area contributed by atoms with Gasteiger partial charge in [0, 0.05) is 34.7 Å². The summed E-state index contributed by atoms with van der Waals surface area (Å²) >= 11 is 2.69. The number of aliphatic hydroxyl groups is 1. The Bertz CT molecular complexity index is 1510. The van der Waals surface area contributed by atoms with Crippen LogP contribution in [-0.4, -0.2) is 48.1 Å². The van der Waals surface area contributed by atoms with Gasteiger partial charge >= 0.3 is 5.97 Å². The van der Waals surface area contributed by atoms with Crippen molar-refractivity contribution < 1.29 is 38.8 Å². The Balaban J connectivity index is 1.36. The van der Waals surface area contributed by atoms with Crippen LogP contribution >= 0.6 is 22.7 Å². The second-order valence-electron chi connectivity index (χ2n) is 8.47. The van der Waals surface area contributed by atoms with Crippen LogP contribution in [0.3, 0.4) is 0 Å². The Morgan fingerprint density at radius 2 is 1.39 bits per heavy atom. The predicted molar refractivity (Wildman–Crippen MR) is 148 cm³/mol. The molecule has 4 aromatic rings. The first-order chi connectivity index (χ1) is 18.2. The third kappa shape index (κ3) is 6.70. The third-order valence-electron chi connectivity index (χ3n) is 5.66. The van der Waals surface area contributed by atoms with Crippen LogP contribution in [0.1, 0.15) is 45.0 Å². The summed E-state index contributed by atoms with van der Waals surface area (Å²) in [5.41, 5.74) is 0. The summed E-state index contributed by atoms with van der Waals surface area (Å²) in [5, 5.41) is 19.7. The number of thiophene rings is 2. The van der Waals surface area contributed by atoms with Gasteiger partial charge in [-0.05, 0) is 47.2 Å². The number of methoxy groups -OCH3 is 1. The smallest absolute Gasteiger partial charge is 0.303 e. The van der Waals surface area contributed by atoms with Gasteiger partial charge in [-0.2, -0.15) is 0 Å². The van der Waals surface area contributed by atoms with Gasteiger partial charge in [-0.25, -0.2) is 0 Å². The second kappa shape index (κ2) is 12.1. The topological polar surface area (TPSA) is 119 Å². The molecule has 0 aliphatic rings. The van der Waals surface area contributed by atoms with E-state index in [2.05, 4.69) is 6.58 Å². The van der Waals surface area contributed by atoms with Gasteiger partial charge in [0.25, 0.3) is 0 Å². The minimum Gasteiger partial charge on any atom is -0.513 e. The SMILES string of the molecule is C=C(O)CCC(=O)c1cc2cc(OCCOc3cc4cc(C(=O)CCC(=O)O)sc4cc3OC)ccc2s1. The molecule has 0 spiro atoms. The average Bonchev–Trinajstić information content (AvgIpc) is 3.51. The first-order valence-corrected chi connectivity index (χ1v) is 13.4. The maximum atomic E-state index is 12.3. The van der Waals surface area contributed by atoms with Crippen LogP contribution in [0.15, 0.2) is 54.8 Å². The largest absolute Gasteiger partial charge is 0.513 e. The lowest BCUT2D eigenvalue weighted by atomic mass is 10.1. The summed E-state index contributed by atoms with van der Waals surface area (Å²) in [6, 6.07) is 12.8. The average molecular weight is 555 g/mol. The molecule has 0 amide bonds. The molecule has 2 N–H and O–H groups in total. The molecule has 0 atom stereocenters. The van der Waals surface area contributed by atoms with Crippen molar-refractivity contribution in [1.29, 1.82) is 0 Å². The molecule has 10 heteroatoms. The lowest BCUT2D eigenvalue weighted by Gasteiger charge is -2.12. The second-order valence-corrected chi connectivity index (χ2v) is 10.6. The summed E-state index contributed by atoms with van der Waals surface area (Å²) in [4.78, 5) is 36.5. The number of ketones is 2. The quantitative estimate of drug-likeness (QED) is 0.101. The number of carboxylic acids is 1. The molecule has 0 bridgehead atoms. The zero-order chi connectivity index (χ0) is 27.2. The number of allylic oxidation sites excluding steroid dienone is 1. The normalized spacial score (nSPS) is 11.0. The Kier molecular flexibility index (Phi) is 8.65. The van der Waals surface area contributed by atoms with E-state index in [0.717, 1.165) is 20.2 Å². The number of carbonyl (C=O) groups excluding carboxylic acids is 2. The first kappa shape index (κ1) is 27.2. The Morgan fingerprint density at radius 3 is 2.05 bits per heavy atom. The van der Waals surface area contributed by atoms with Crippen molar-refractivity contribution in [3.8, 4) is 17.2 Å². The van der Waals surface area contributed by atoms with Crippen molar-refractivity contribution in [2.24, 2.45) is 0 Å². The third-order valence-corrected chi connectivity index (χ3v) is 7.95. The zero-order valence-corrected chi connectivity index (χ0v) is 22.3. The molecule has 2 aromatic carbocycles. The standard InChI is InChI=1S/C28H26O8S2/c1-16(29)3-5-20(30)26-13-17-11-19(4-7-24(17)37-26)35-9-10-36-23-12-18-14-27(21(31)6-8-28(32)33)38-25(18)15-22(23)34-2/h4,7,11-15,29H,1,3,5-6,8-10H2,2H3,(H,32,33). The summed E-state index contributed by atoms with van der Waals surface area (Å²) < 4.78 is 19.0. The van der Waals surface area contributed by atoms with E-state index in [1.165, 1.54) is 29.8 Å². The van der Waals surface area contributed by atoms with Crippen LogP contribution in [0.4, 0.5) is 0 Å². The van der Waals surface area contributed by atoms with E-state index in [9.17, 15) is 19.5 Å². The van der Waals surface area contributed by atoms with Crippen LogP contribution in [0, 0.1) is 0 Å². The van der Waals surface area contributed by atoms with Crippen molar-refractivity contribution in [2.75, 3.05) is 20.3 Å². The molecule has 38 heavy (non-hydrogen) atoms. The molecule has 0 saturated heterocycles. The molecule has 0 unspecified atom stereocenters. The van der Waals surface area contributed by atoms with Crippen molar-refractivity contribution in [1.82, 2.24) is 0 Å². The fourth-order valence-electron chi connectivity index (χ4n) is 3.74. The number of fused-ring (bicyclic) bond motifs is 2. The predicted octanol–water partition coefficient (Wildman–Crippen LogP) is 6.66. The van der Waals surface area contributed by atoms with Gasteiger partial charge in [0.2, 0.25) is 0 Å². The molecule has 198 valence electrons. The number of ether oxygens (including phenoxy) is 3. The number of benzene rings is 2. The van der Waals surface area contributed by atoms with E-state index >= 15 is 0 Å². The van der Waals surface area contributed by atoms with Crippen molar-refractivity contribution in [3.63, 3.8) is 0 Å². The fourth-order valence-corrected chi connectivity index (χ4v) is 5.79. The number of Topliss-reactive ketones (excluding diaryl/α,β-unsaturated/α-hetero) is 2. The molecule has 2 aromatic heterocycles. The van der Waals surface area contributed by atoms with Crippen LogP contribution < -0.4 is 14.2 Å². The Labute approximate surface area is 226 Å². The van der Waals surface area contributed by atoms with Crippen LogP contribution in [-0.2, 0) is 4.79 Å². The molecule has 0 fully saturated rings. The summed E-state index contributed by atoms with van der Waals surface area (Å²) in [6.45, 7) is 3.93. The molecule has 0 aliphatic carbocycles. The number of carboxylic acid groups (broad SMARTS) is 1. The molecule has 2 heterocycles. The van der Waals surface area contributed by atoms with Gasteiger partial charge in [-0.3, -0.25) is 14.4 Å². The van der Waals surface area contributed by atoms with Crippen LogP contribution in [0.2, 0.25) is 0 Å². The molecule has 0 saturated carbocycles. The summed E-state index contributed by atoms with van der Waals surface area (Å²) in [5.74, 6) is 0.419. The van der Waals surface area contributed by atoms with Gasteiger partial charge in [0.1, 0.15) is 19.0 Å². The number of hydrogen-bond acceptors (Lipinski definition) is 9. The van der Waals surface area contributed by atoms with E-state index in [-0.39, 0.29) is 56.2 Å². The number of hydrogen-bond donors (Lipinski definition) is 2. The maximum absolute atomic E-state index is 12.3. The number of aliphatic hydroxyl groups excluding tert-OH is 1. The van der Waals surface area contributed by atoms with E-state index in [1.807, 2.05) is 24.3 Å². The molecule has 8 nitrogen and oxygen atoms in total. The van der Waals surface area contributed by atoms with Gasteiger partial charge in [0.05, 0.1) is 29.0 Å². The number of rotatable bonds is 14. The lowest BCUT2D eigenvalue weighted by Crippen LogP contribution is -2.09. The molecular formula is C28H26O8S2. The minimum absolute atomic E-state index is 0.00179. The van der Waals surface area contributed by atoms with E-state index in [1.54, 1.807) is 18.2 Å². The molecular weight excluding hydrogens is 528 g/mol. The van der Waals surface area contributed by atoms with Gasteiger partial charge in [-0.1, -0.05) is 6.58 Å². The molecule has 0 aliphatic heterocycles. The molecule has 4 rings (SSSR count). The van der Waals surface area contributed by atoms with Crippen molar-refractivity contribution in [3.05, 3.63) is 64.6 Å². The lowest BCUT2D eigenvalue weighted by molar-refractivity contribution is -0.136. The first-order valence-electron chi connectivity index (χ1n) is 11.8. The summed E-state index contributed by atoms with van der Waals surface area (Å²) in [7, 11) is 1.53. The fraction of sp³-hybridized carbons (Fsp3) is 0.250. The maximum Gasteiger partial charge on any atom is 0.303 e. The van der Waals surface area contributed by atoms with E-state index < -0.39 is 5.97 Å². The van der Waals surface area contributed by atoms with Gasteiger partial charge in [-0.15, -0.1) is 22.7 Å². The van der Waals surface area contributed by atoms with Gasteiger partial charge < -0.3 is 24.4 Å². The highest BCUT2D eigenvalue weighted by atomic mass is 32.1. The van der Waals surface area contributed by atoms with E-state index in [0.29, 0.717) is 27.0 Å². The highest BCUT2D eigenvalue weighted by Gasteiger charge is 2.15. The monoisotopic (exact) mass is 554 g/mol.